The minimum Gasteiger partial charge on any atom is -0.497 e. The second-order valence-corrected chi connectivity index (χ2v) is 8.76. The molecular weight excluding hydrogens is 438 g/mol. The van der Waals surface area contributed by atoms with Gasteiger partial charge in [0.05, 0.1) is 19.0 Å². The van der Waals surface area contributed by atoms with Gasteiger partial charge in [-0.1, -0.05) is 30.0 Å². The molecule has 2 aromatic carbocycles. The lowest BCUT2D eigenvalue weighted by Crippen LogP contribution is -2.32. The second kappa shape index (κ2) is 9.68. The van der Waals surface area contributed by atoms with Crippen molar-refractivity contribution in [2.24, 2.45) is 0 Å². The predicted octanol–water partition coefficient (Wildman–Crippen LogP) is 3.81. The quantitative estimate of drug-likeness (QED) is 0.386. The van der Waals surface area contributed by atoms with Crippen LogP contribution in [0.1, 0.15) is 12.8 Å². The summed E-state index contributed by atoms with van der Waals surface area (Å²) in [4.78, 5) is 15.8. The maximum absolute atomic E-state index is 12.4. The van der Waals surface area contributed by atoms with Gasteiger partial charge in [0.15, 0.2) is 11.0 Å². The fourth-order valence-electron chi connectivity index (χ4n) is 3.97. The van der Waals surface area contributed by atoms with Crippen molar-refractivity contribution in [1.29, 1.82) is 0 Å². The Morgan fingerprint density at radius 1 is 1.24 bits per heavy atom. The molecule has 1 atom stereocenters. The van der Waals surface area contributed by atoms with E-state index in [1.807, 2.05) is 53.2 Å². The van der Waals surface area contributed by atoms with Crippen molar-refractivity contribution in [2.45, 2.75) is 24.1 Å². The van der Waals surface area contributed by atoms with Gasteiger partial charge in [-0.05, 0) is 43.2 Å². The molecule has 0 unspecified atom stereocenters. The van der Waals surface area contributed by atoms with E-state index in [9.17, 15) is 4.79 Å². The number of carbonyl (C=O) groups is 1. The first kappa shape index (κ1) is 21.5. The smallest absolute Gasteiger partial charge is 0.230 e. The van der Waals surface area contributed by atoms with Crippen LogP contribution in [0.25, 0.3) is 28.0 Å². The third-order valence-corrected chi connectivity index (χ3v) is 6.61. The first-order chi connectivity index (χ1) is 16.2. The number of amides is 1. The van der Waals surface area contributed by atoms with Gasteiger partial charge in [0, 0.05) is 41.5 Å². The number of fused-ring (bicyclic) bond motifs is 1. The zero-order valence-corrected chi connectivity index (χ0v) is 19.1. The van der Waals surface area contributed by atoms with Crippen LogP contribution in [0.3, 0.4) is 0 Å². The van der Waals surface area contributed by atoms with Crippen LogP contribution in [0.15, 0.2) is 59.9 Å². The molecule has 33 heavy (non-hydrogen) atoms. The Kier molecular flexibility index (Phi) is 6.32. The molecule has 4 aromatic rings. The van der Waals surface area contributed by atoms with E-state index < -0.39 is 0 Å². The summed E-state index contributed by atoms with van der Waals surface area (Å²) in [6, 6.07) is 15.8. The number of aromatic nitrogens is 4. The Bertz CT molecular complexity index is 1240. The van der Waals surface area contributed by atoms with E-state index in [2.05, 4.69) is 26.6 Å². The van der Waals surface area contributed by atoms with Crippen molar-refractivity contribution >= 4 is 28.6 Å². The topological polar surface area (TPSA) is 94.1 Å². The SMILES string of the molecule is COc1ccc(-n2c(SCC(=O)NC[C@@H]3CCCO3)nnc2-c2c[nH]c3ccccc23)cc1. The normalized spacial score (nSPS) is 15.7. The number of hydrogen-bond donors (Lipinski definition) is 2. The number of nitrogens with zero attached hydrogens (tertiary/aromatic N) is 3. The summed E-state index contributed by atoms with van der Waals surface area (Å²) < 4.78 is 12.9. The molecule has 170 valence electrons. The fourth-order valence-corrected chi connectivity index (χ4v) is 4.75. The van der Waals surface area contributed by atoms with Crippen molar-refractivity contribution in [3.8, 4) is 22.8 Å². The summed E-state index contributed by atoms with van der Waals surface area (Å²) in [6.07, 6.45) is 4.11. The van der Waals surface area contributed by atoms with Gasteiger partial charge in [0.2, 0.25) is 5.91 Å². The van der Waals surface area contributed by atoms with E-state index in [0.717, 1.165) is 47.4 Å². The molecule has 0 saturated carbocycles. The standard InChI is InChI=1S/C24H25N5O3S/c1-31-17-10-8-16(9-11-17)29-23(20-14-25-21-7-3-2-6-19(20)21)27-28-24(29)33-15-22(30)26-13-18-5-4-12-32-18/h2-3,6-11,14,18,25H,4-5,12-13,15H2,1H3,(H,26,30)/t18-/m0/s1. The molecule has 3 heterocycles. The number of methoxy groups -OCH3 is 1. The van der Waals surface area contributed by atoms with E-state index in [1.54, 1.807) is 7.11 Å². The molecule has 0 radical (unpaired) electrons. The van der Waals surface area contributed by atoms with Gasteiger partial charge in [-0.2, -0.15) is 0 Å². The van der Waals surface area contributed by atoms with E-state index in [4.69, 9.17) is 9.47 Å². The van der Waals surface area contributed by atoms with Gasteiger partial charge in [-0.15, -0.1) is 10.2 Å². The molecule has 1 amide bonds. The molecule has 8 nitrogen and oxygen atoms in total. The molecule has 9 heteroatoms. The molecule has 5 rings (SSSR count). The zero-order valence-electron chi connectivity index (χ0n) is 18.3. The van der Waals surface area contributed by atoms with E-state index >= 15 is 0 Å². The highest BCUT2D eigenvalue weighted by atomic mass is 32.2. The van der Waals surface area contributed by atoms with Crippen molar-refractivity contribution in [3.63, 3.8) is 0 Å². The van der Waals surface area contributed by atoms with Crippen LogP contribution >= 0.6 is 11.8 Å². The number of benzene rings is 2. The lowest BCUT2D eigenvalue weighted by atomic mass is 10.1. The van der Waals surface area contributed by atoms with Gasteiger partial charge >= 0.3 is 0 Å². The zero-order chi connectivity index (χ0) is 22.6. The van der Waals surface area contributed by atoms with Crippen LogP contribution in [-0.4, -0.2) is 57.8 Å². The number of aromatic amines is 1. The average molecular weight is 464 g/mol. The van der Waals surface area contributed by atoms with Gasteiger partial charge in [0.1, 0.15) is 5.75 Å². The molecule has 1 aliphatic heterocycles. The molecule has 1 aliphatic rings. The Labute approximate surface area is 195 Å². The van der Waals surface area contributed by atoms with Crippen LogP contribution < -0.4 is 10.1 Å². The summed E-state index contributed by atoms with van der Waals surface area (Å²) in [7, 11) is 1.64. The lowest BCUT2D eigenvalue weighted by molar-refractivity contribution is -0.119. The number of carbonyl (C=O) groups excluding carboxylic acids is 1. The predicted molar refractivity (Wildman–Crippen MR) is 128 cm³/mol. The highest BCUT2D eigenvalue weighted by molar-refractivity contribution is 7.99. The number of nitrogens with one attached hydrogen (secondary N) is 2. The summed E-state index contributed by atoms with van der Waals surface area (Å²) in [5.41, 5.74) is 2.87. The number of para-hydroxylation sites is 1. The van der Waals surface area contributed by atoms with Gasteiger partial charge in [0.25, 0.3) is 0 Å². The average Bonchev–Trinajstić information content (AvgIpc) is 3.61. The second-order valence-electron chi connectivity index (χ2n) is 7.82. The van der Waals surface area contributed by atoms with E-state index in [1.165, 1.54) is 11.8 Å². The molecule has 0 aliphatic carbocycles. The van der Waals surface area contributed by atoms with Crippen molar-refractivity contribution < 1.29 is 14.3 Å². The maximum Gasteiger partial charge on any atom is 0.230 e. The van der Waals surface area contributed by atoms with Crippen molar-refractivity contribution in [3.05, 3.63) is 54.7 Å². The van der Waals surface area contributed by atoms with Crippen molar-refractivity contribution in [1.82, 2.24) is 25.1 Å². The minimum absolute atomic E-state index is 0.0478. The fraction of sp³-hybridized carbons (Fsp3) is 0.292. The first-order valence-electron chi connectivity index (χ1n) is 10.9. The summed E-state index contributed by atoms with van der Waals surface area (Å²) in [6.45, 7) is 1.32. The molecule has 1 saturated heterocycles. The maximum atomic E-state index is 12.4. The lowest BCUT2D eigenvalue weighted by Gasteiger charge is -2.12. The number of rotatable bonds is 8. The molecular formula is C24H25N5O3S. The third-order valence-electron chi connectivity index (χ3n) is 5.68. The molecule has 0 bridgehead atoms. The van der Waals surface area contributed by atoms with E-state index in [-0.39, 0.29) is 17.8 Å². The van der Waals surface area contributed by atoms with Gasteiger partial charge in [-0.25, -0.2) is 0 Å². The Morgan fingerprint density at radius 3 is 2.88 bits per heavy atom. The molecule has 2 N–H and O–H groups in total. The Morgan fingerprint density at radius 2 is 2.09 bits per heavy atom. The highest BCUT2D eigenvalue weighted by Gasteiger charge is 2.21. The van der Waals surface area contributed by atoms with Gasteiger partial charge < -0.3 is 19.8 Å². The van der Waals surface area contributed by atoms with Crippen LogP contribution in [0, 0.1) is 0 Å². The Balaban J connectivity index is 1.43. The van der Waals surface area contributed by atoms with Crippen LogP contribution in [-0.2, 0) is 9.53 Å². The molecule has 1 fully saturated rings. The van der Waals surface area contributed by atoms with Gasteiger partial charge in [-0.3, -0.25) is 9.36 Å². The van der Waals surface area contributed by atoms with Crippen LogP contribution in [0.5, 0.6) is 5.75 Å². The number of H-pyrrole nitrogens is 1. The van der Waals surface area contributed by atoms with Crippen molar-refractivity contribution in [2.75, 3.05) is 26.0 Å². The first-order valence-corrected chi connectivity index (χ1v) is 11.9. The van der Waals surface area contributed by atoms with Crippen LogP contribution in [0.2, 0.25) is 0 Å². The molecule has 2 aromatic heterocycles. The largest absolute Gasteiger partial charge is 0.497 e. The summed E-state index contributed by atoms with van der Waals surface area (Å²) in [5.74, 6) is 1.67. The number of thioether (sulfide) groups is 1. The number of hydrogen-bond acceptors (Lipinski definition) is 6. The van der Waals surface area contributed by atoms with E-state index in [0.29, 0.717) is 17.5 Å². The third kappa shape index (κ3) is 4.60. The monoisotopic (exact) mass is 463 g/mol. The summed E-state index contributed by atoms with van der Waals surface area (Å²) >= 11 is 1.36. The molecule has 0 spiro atoms. The minimum atomic E-state index is -0.0478. The number of ether oxygens (including phenoxy) is 2. The van der Waals surface area contributed by atoms with Crippen LogP contribution in [0.4, 0.5) is 0 Å². The highest BCUT2D eigenvalue weighted by Crippen LogP contribution is 2.32. The Hall–Kier alpha value is -3.30. The summed E-state index contributed by atoms with van der Waals surface area (Å²) in [5, 5.41) is 13.6.